The van der Waals surface area contributed by atoms with Crippen LogP contribution in [0.15, 0.2) is 103 Å². The molecule has 3 nitrogen and oxygen atoms in total. The summed E-state index contributed by atoms with van der Waals surface area (Å²) in [6.45, 7) is 0. The van der Waals surface area contributed by atoms with Crippen molar-refractivity contribution in [2.75, 3.05) is 0 Å². The van der Waals surface area contributed by atoms with Gasteiger partial charge in [-0.1, -0.05) is 82.7 Å². The fourth-order valence-electron chi connectivity index (χ4n) is 3.96. The van der Waals surface area contributed by atoms with E-state index in [1.807, 2.05) is 36.4 Å². The first-order valence-corrected chi connectivity index (χ1v) is 12.5. The minimum Gasteiger partial charge on any atom is -0.252 e. The van der Waals surface area contributed by atoms with Crippen LogP contribution < -0.4 is 0 Å². The largest absolute Gasteiger partial charge is 0.252 e. The predicted octanol–water partition coefficient (Wildman–Crippen LogP) is 6.57. The first kappa shape index (κ1) is 22.2. The Morgan fingerprint density at radius 1 is 0.500 bits per heavy atom. The zero-order valence-corrected chi connectivity index (χ0v) is 20.5. The Labute approximate surface area is 209 Å². The van der Waals surface area contributed by atoms with Crippen LogP contribution in [0.2, 0.25) is 0 Å². The second-order valence-electron chi connectivity index (χ2n) is 8.09. The Morgan fingerprint density at radius 3 is 1.62 bits per heavy atom. The maximum atomic E-state index is 4.98. The van der Waals surface area contributed by atoms with Crippen LogP contribution in [0.3, 0.4) is 0 Å². The number of alkyl halides is 1. The minimum absolute atomic E-state index is 0.703. The summed E-state index contributed by atoms with van der Waals surface area (Å²) in [6.07, 6.45) is 0.885. The maximum absolute atomic E-state index is 4.98. The topological polar surface area (TPSA) is 38.7 Å². The monoisotopic (exact) mass is 503 g/mol. The summed E-state index contributed by atoms with van der Waals surface area (Å²) in [7, 11) is 2.12. The Kier molecular flexibility index (Phi) is 6.64. The van der Waals surface area contributed by atoms with Gasteiger partial charge in [0, 0.05) is 11.0 Å². The lowest BCUT2D eigenvalue weighted by Gasteiger charge is -2.11. The molecule has 0 radical (unpaired) electrons. The number of pyridine rings is 3. The van der Waals surface area contributed by atoms with Crippen LogP contribution in [-0.4, -0.2) is 22.8 Å². The summed E-state index contributed by atoms with van der Waals surface area (Å²) in [5.41, 5.74) is 10.1. The summed E-state index contributed by atoms with van der Waals surface area (Å²) in [6, 6.07) is 35.5. The molecule has 0 aliphatic heterocycles. The van der Waals surface area contributed by atoms with Gasteiger partial charge in [-0.15, -0.1) is 0 Å². The molecule has 0 spiro atoms. The van der Waals surface area contributed by atoms with E-state index < -0.39 is 0 Å². The molecular formula is C29H23BBrN3. The molecule has 5 heteroatoms. The van der Waals surface area contributed by atoms with Crippen molar-refractivity contribution < 1.29 is 0 Å². The molecule has 0 saturated carbocycles. The molecule has 0 N–H and O–H groups in total. The van der Waals surface area contributed by atoms with E-state index in [2.05, 4.69) is 90.5 Å². The van der Waals surface area contributed by atoms with Gasteiger partial charge in [0.15, 0.2) is 0 Å². The van der Waals surface area contributed by atoms with Gasteiger partial charge in [-0.25, -0.2) is 4.98 Å². The Bertz CT molecular complexity index is 1350. The Hall–Kier alpha value is -3.57. The molecule has 164 valence electrons. The Morgan fingerprint density at radius 2 is 1.03 bits per heavy atom. The molecule has 3 heterocycles. The van der Waals surface area contributed by atoms with E-state index >= 15 is 0 Å². The summed E-state index contributed by atoms with van der Waals surface area (Å²) in [5, 5.41) is 0.703. The number of rotatable bonds is 6. The van der Waals surface area contributed by atoms with Crippen LogP contribution in [0.5, 0.6) is 0 Å². The second kappa shape index (κ2) is 10.1. The zero-order valence-electron chi connectivity index (χ0n) is 18.9. The molecule has 0 amide bonds. The van der Waals surface area contributed by atoms with Gasteiger partial charge in [0.2, 0.25) is 0 Å². The SMILES string of the molecule is BCc1cccc(-c2cc(-c3ccc(-c4ccccc4)cc3)cc(-c3cccc(CBr)n3)n2)n1. The van der Waals surface area contributed by atoms with Gasteiger partial charge in [0.25, 0.3) is 0 Å². The number of hydrogen-bond donors (Lipinski definition) is 0. The molecule has 0 saturated heterocycles. The first-order chi connectivity index (χ1) is 16.7. The molecule has 0 fully saturated rings. The quantitative estimate of drug-likeness (QED) is 0.194. The molecule has 5 aromatic rings. The fourth-order valence-corrected chi connectivity index (χ4v) is 4.27. The van der Waals surface area contributed by atoms with Crippen molar-refractivity contribution in [1.82, 2.24) is 15.0 Å². The highest BCUT2D eigenvalue weighted by Gasteiger charge is 2.12. The van der Waals surface area contributed by atoms with Gasteiger partial charge in [-0.3, -0.25) is 9.97 Å². The third kappa shape index (κ3) is 4.85. The average molecular weight is 504 g/mol. The van der Waals surface area contributed by atoms with Gasteiger partial charge < -0.3 is 0 Å². The van der Waals surface area contributed by atoms with Crippen molar-refractivity contribution in [1.29, 1.82) is 0 Å². The van der Waals surface area contributed by atoms with Crippen LogP contribution in [0, 0.1) is 0 Å². The van der Waals surface area contributed by atoms with E-state index in [4.69, 9.17) is 15.0 Å². The van der Waals surface area contributed by atoms with Crippen molar-refractivity contribution in [2.45, 2.75) is 11.7 Å². The van der Waals surface area contributed by atoms with Gasteiger partial charge in [-0.2, -0.15) is 0 Å². The summed E-state index contributed by atoms with van der Waals surface area (Å²) in [5.74, 6) is 0. The fraction of sp³-hybridized carbons (Fsp3) is 0.0690. The first-order valence-electron chi connectivity index (χ1n) is 11.4. The predicted molar refractivity (Wildman–Crippen MR) is 146 cm³/mol. The third-order valence-electron chi connectivity index (χ3n) is 5.79. The average Bonchev–Trinajstić information content (AvgIpc) is 2.93. The summed E-state index contributed by atoms with van der Waals surface area (Å²) < 4.78 is 0. The molecular weight excluding hydrogens is 481 g/mol. The van der Waals surface area contributed by atoms with Gasteiger partial charge in [-0.05, 0) is 65.0 Å². The highest BCUT2D eigenvalue weighted by molar-refractivity contribution is 9.08. The molecule has 0 unspecified atom stereocenters. The molecule has 34 heavy (non-hydrogen) atoms. The molecule has 0 bridgehead atoms. The van der Waals surface area contributed by atoms with E-state index in [1.54, 1.807) is 0 Å². The summed E-state index contributed by atoms with van der Waals surface area (Å²) >= 11 is 3.52. The van der Waals surface area contributed by atoms with E-state index in [1.165, 1.54) is 11.1 Å². The molecule has 5 rings (SSSR count). The van der Waals surface area contributed by atoms with Crippen molar-refractivity contribution in [3.05, 3.63) is 115 Å². The molecule has 3 aromatic heterocycles. The van der Waals surface area contributed by atoms with Gasteiger partial charge >= 0.3 is 0 Å². The van der Waals surface area contributed by atoms with Crippen LogP contribution >= 0.6 is 15.9 Å². The lowest BCUT2D eigenvalue weighted by molar-refractivity contribution is 1.14. The normalized spacial score (nSPS) is 10.9. The van der Waals surface area contributed by atoms with E-state index in [-0.39, 0.29) is 0 Å². The molecule has 0 atom stereocenters. The third-order valence-corrected chi connectivity index (χ3v) is 6.36. The van der Waals surface area contributed by atoms with Gasteiger partial charge in [0.05, 0.1) is 28.5 Å². The number of aromatic nitrogens is 3. The zero-order chi connectivity index (χ0) is 23.3. The van der Waals surface area contributed by atoms with Crippen molar-refractivity contribution >= 4 is 23.8 Å². The van der Waals surface area contributed by atoms with Crippen LogP contribution in [0.1, 0.15) is 11.4 Å². The van der Waals surface area contributed by atoms with Crippen LogP contribution in [0.25, 0.3) is 45.0 Å². The molecule has 2 aromatic carbocycles. The molecule has 0 aliphatic carbocycles. The lowest BCUT2D eigenvalue weighted by Crippen LogP contribution is -1.97. The number of nitrogens with zero attached hydrogens (tertiary/aromatic N) is 3. The van der Waals surface area contributed by atoms with E-state index in [9.17, 15) is 0 Å². The standard InChI is InChI=1S/C29H23BBrN3/c30-18-24-8-4-10-26(32-24)28-16-23(17-29(34-28)27-11-5-9-25(19-31)33-27)22-14-12-21(13-15-22)20-6-2-1-3-7-20/h1-17H,18-19,30H2. The smallest absolute Gasteiger partial charge is 0.109 e. The second-order valence-corrected chi connectivity index (χ2v) is 8.65. The number of halogens is 1. The summed E-state index contributed by atoms with van der Waals surface area (Å²) in [4.78, 5) is 14.6. The van der Waals surface area contributed by atoms with Crippen molar-refractivity contribution in [2.24, 2.45) is 0 Å². The van der Waals surface area contributed by atoms with Gasteiger partial charge in [0.1, 0.15) is 7.85 Å². The van der Waals surface area contributed by atoms with Crippen LogP contribution in [-0.2, 0) is 11.7 Å². The lowest BCUT2D eigenvalue weighted by atomic mass is 9.98. The van der Waals surface area contributed by atoms with Crippen molar-refractivity contribution in [3.63, 3.8) is 0 Å². The highest BCUT2D eigenvalue weighted by atomic mass is 79.9. The highest BCUT2D eigenvalue weighted by Crippen LogP contribution is 2.31. The number of hydrogen-bond acceptors (Lipinski definition) is 3. The maximum Gasteiger partial charge on any atom is 0.109 e. The van der Waals surface area contributed by atoms with Crippen molar-refractivity contribution in [3.8, 4) is 45.0 Å². The Balaban J connectivity index is 1.62. The van der Waals surface area contributed by atoms with E-state index in [0.29, 0.717) is 5.33 Å². The van der Waals surface area contributed by atoms with Crippen LogP contribution in [0.4, 0.5) is 0 Å². The minimum atomic E-state index is 0.703. The van der Waals surface area contributed by atoms with E-state index in [0.717, 1.165) is 51.6 Å². The molecule has 0 aliphatic rings. The number of benzene rings is 2.